The van der Waals surface area contributed by atoms with E-state index in [1.54, 1.807) is 32.9 Å². The van der Waals surface area contributed by atoms with Crippen molar-refractivity contribution in [2.24, 2.45) is 0 Å². The maximum Gasteiger partial charge on any atom is 0.411 e. The number of hydrogen-bond donors (Lipinski definition) is 1. The lowest BCUT2D eigenvalue weighted by atomic mass is 10.2. The summed E-state index contributed by atoms with van der Waals surface area (Å²) in [6.07, 6.45) is -0.959. The third kappa shape index (κ3) is 3.96. The van der Waals surface area contributed by atoms with Crippen LogP contribution in [0.5, 0.6) is 0 Å². The summed E-state index contributed by atoms with van der Waals surface area (Å²) in [5, 5.41) is 13.8. The second-order valence-electron chi connectivity index (χ2n) is 7.00. The number of aromatic nitrogens is 2. The highest BCUT2D eigenvalue weighted by Gasteiger charge is 2.40. The molecule has 0 saturated carbocycles. The average molecular weight is 349 g/mol. The number of aliphatic hydroxyl groups excluding tert-OH is 1. The lowest BCUT2D eigenvalue weighted by Gasteiger charge is -2.26. The predicted octanol–water partition coefficient (Wildman–Crippen LogP) is 2.92. The summed E-state index contributed by atoms with van der Waals surface area (Å²) in [5.41, 5.74) is -0.0534. The maximum absolute atomic E-state index is 13.0. The van der Waals surface area contributed by atoms with Crippen molar-refractivity contribution in [1.82, 2.24) is 15.0 Å². The summed E-state index contributed by atoms with van der Waals surface area (Å²) in [7, 11) is 0. The summed E-state index contributed by atoms with van der Waals surface area (Å²) in [4.78, 5) is 18.0. The minimum atomic E-state index is -0.696. The van der Waals surface area contributed by atoms with E-state index < -0.39 is 23.8 Å². The van der Waals surface area contributed by atoms with Gasteiger partial charge in [0, 0.05) is 12.0 Å². The molecule has 1 saturated heterocycles. The molecule has 3 rings (SSSR count). The van der Waals surface area contributed by atoms with Crippen LogP contribution in [-0.4, -0.2) is 44.5 Å². The zero-order valence-electron chi connectivity index (χ0n) is 14.3. The number of hydrogen-bond acceptors (Lipinski definition) is 6. The molecule has 134 valence electrons. The summed E-state index contributed by atoms with van der Waals surface area (Å²) < 4.78 is 23.7. The van der Waals surface area contributed by atoms with Crippen molar-refractivity contribution in [2.75, 3.05) is 6.54 Å². The zero-order valence-corrected chi connectivity index (χ0v) is 14.3. The lowest BCUT2D eigenvalue weighted by Crippen LogP contribution is -2.37. The number of carbonyl (C=O) groups is 1. The second kappa shape index (κ2) is 6.44. The molecule has 1 aromatic carbocycles. The van der Waals surface area contributed by atoms with Crippen LogP contribution in [0.2, 0.25) is 0 Å². The van der Waals surface area contributed by atoms with E-state index >= 15 is 0 Å². The van der Waals surface area contributed by atoms with Crippen LogP contribution >= 0.6 is 0 Å². The van der Waals surface area contributed by atoms with E-state index in [1.165, 1.54) is 17.0 Å². The number of nitrogens with zero attached hydrogens (tertiary/aromatic N) is 3. The van der Waals surface area contributed by atoms with Gasteiger partial charge in [0.05, 0.1) is 12.6 Å². The first-order valence-corrected chi connectivity index (χ1v) is 8.00. The van der Waals surface area contributed by atoms with Gasteiger partial charge in [0.2, 0.25) is 11.7 Å². The highest BCUT2D eigenvalue weighted by atomic mass is 19.1. The van der Waals surface area contributed by atoms with Crippen LogP contribution in [0.15, 0.2) is 28.8 Å². The molecule has 0 aliphatic carbocycles. The number of amides is 1. The Labute approximate surface area is 144 Å². The Kier molecular flexibility index (Phi) is 4.47. The Morgan fingerprint density at radius 3 is 2.68 bits per heavy atom. The fourth-order valence-electron chi connectivity index (χ4n) is 2.66. The molecule has 25 heavy (non-hydrogen) atoms. The molecular formula is C17H20FN3O4. The molecule has 2 heterocycles. The monoisotopic (exact) mass is 349 g/mol. The van der Waals surface area contributed by atoms with E-state index in [1.807, 2.05) is 0 Å². The van der Waals surface area contributed by atoms with E-state index in [2.05, 4.69) is 10.1 Å². The van der Waals surface area contributed by atoms with Gasteiger partial charge in [-0.25, -0.2) is 9.18 Å². The van der Waals surface area contributed by atoms with Gasteiger partial charge in [-0.1, -0.05) is 5.16 Å². The highest BCUT2D eigenvalue weighted by molar-refractivity contribution is 5.69. The Morgan fingerprint density at radius 2 is 2.04 bits per heavy atom. The van der Waals surface area contributed by atoms with Gasteiger partial charge in [0.1, 0.15) is 17.5 Å². The van der Waals surface area contributed by atoms with E-state index in [9.17, 15) is 14.3 Å². The fourth-order valence-corrected chi connectivity index (χ4v) is 2.66. The molecule has 1 N–H and O–H groups in total. The van der Waals surface area contributed by atoms with Gasteiger partial charge < -0.3 is 14.4 Å². The highest BCUT2D eigenvalue weighted by Crippen LogP contribution is 2.33. The molecule has 1 aliphatic rings. The molecule has 2 atom stereocenters. The van der Waals surface area contributed by atoms with Crippen LogP contribution in [0, 0.1) is 5.82 Å². The smallest absolute Gasteiger partial charge is 0.411 e. The normalized spacial score (nSPS) is 20.8. The number of rotatable bonds is 2. The summed E-state index contributed by atoms with van der Waals surface area (Å²) >= 11 is 0. The number of halogens is 1. The Morgan fingerprint density at radius 1 is 1.36 bits per heavy atom. The van der Waals surface area contributed by atoms with Gasteiger partial charge >= 0.3 is 6.09 Å². The molecule has 1 fully saturated rings. The number of carbonyl (C=O) groups excluding carboxylic acids is 1. The van der Waals surface area contributed by atoms with Crippen molar-refractivity contribution in [1.29, 1.82) is 0 Å². The second-order valence-corrected chi connectivity index (χ2v) is 7.00. The van der Waals surface area contributed by atoms with Gasteiger partial charge in [0.15, 0.2) is 0 Å². The molecule has 8 heteroatoms. The molecule has 0 radical (unpaired) electrons. The van der Waals surface area contributed by atoms with E-state index in [0.717, 1.165) is 0 Å². The molecular weight excluding hydrogens is 329 g/mol. The van der Waals surface area contributed by atoms with E-state index in [-0.39, 0.29) is 24.7 Å². The van der Waals surface area contributed by atoms with Crippen molar-refractivity contribution in [3.8, 4) is 11.4 Å². The van der Waals surface area contributed by atoms with Crippen molar-refractivity contribution < 1.29 is 23.6 Å². The number of β-amino-alcohol motifs (C(OH)–C–C–N with tert-alkyl or cyclic N) is 1. The summed E-state index contributed by atoms with van der Waals surface area (Å²) in [6.45, 7) is 5.44. The van der Waals surface area contributed by atoms with Crippen molar-refractivity contribution >= 4 is 6.09 Å². The van der Waals surface area contributed by atoms with Gasteiger partial charge in [0.25, 0.3) is 0 Å². The first-order valence-electron chi connectivity index (χ1n) is 8.00. The van der Waals surface area contributed by atoms with Crippen molar-refractivity contribution in [3.63, 3.8) is 0 Å². The Balaban J connectivity index is 1.82. The largest absolute Gasteiger partial charge is 0.444 e. The van der Waals surface area contributed by atoms with Crippen LogP contribution in [0.3, 0.4) is 0 Å². The lowest BCUT2D eigenvalue weighted by molar-refractivity contribution is 0.0184. The van der Waals surface area contributed by atoms with Gasteiger partial charge in [-0.2, -0.15) is 4.98 Å². The topological polar surface area (TPSA) is 88.7 Å². The molecule has 0 bridgehead atoms. The number of aliphatic hydroxyl groups is 1. The van der Waals surface area contributed by atoms with E-state index in [4.69, 9.17) is 9.26 Å². The minimum Gasteiger partial charge on any atom is -0.444 e. The average Bonchev–Trinajstić information content (AvgIpc) is 3.12. The molecule has 2 aromatic rings. The van der Waals surface area contributed by atoms with Crippen LogP contribution in [0.4, 0.5) is 9.18 Å². The molecule has 1 aromatic heterocycles. The zero-order chi connectivity index (χ0) is 18.2. The molecule has 0 spiro atoms. The number of likely N-dealkylation sites (tertiary alicyclic amines) is 1. The first kappa shape index (κ1) is 17.3. The predicted molar refractivity (Wildman–Crippen MR) is 86.0 cm³/mol. The fraction of sp³-hybridized carbons (Fsp3) is 0.471. The number of benzene rings is 1. The third-order valence-corrected chi connectivity index (χ3v) is 3.74. The van der Waals surface area contributed by atoms with Crippen molar-refractivity contribution in [3.05, 3.63) is 36.0 Å². The quantitative estimate of drug-likeness (QED) is 0.897. The van der Waals surface area contributed by atoms with Crippen LogP contribution in [0.1, 0.15) is 39.1 Å². The van der Waals surface area contributed by atoms with Crippen molar-refractivity contribution in [2.45, 2.75) is 44.9 Å². The summed E-state index contributed by atoms with van der Waals surface area (Å²) in [6, 6.07) is 5.12. The van der Waals surface area contributed by atoms with Crippen LogP contribution in [-0.2, 0) is 4.74 Å². The van der Waals surface area contributed by atoms with Crippen LogP contribution in [0.25, 0.3) is 11.4 Å². The van der Waals surface area contributed by atoms with Gasteiger partial charge in [-0.15, -0.1) is 0 Å². The minimum absolute atomic E-state index is 0.133. The van der Waals surface area contributed by atoms with Crippen LogP contribution < -0.4 is 0 Å². The Hall–Kier alpha value is -2.48. The van der Waals surface area contributed by atoms with Gasteiger partial charge in [-0.3, -0.25) is 4.90 Å². The standard InChI is InChI=1S/C17H20FN3O4/c1-17(2,3)24-16(23)21-9-12(22)8-13(21)15-19-14(20-25-15)10-4-6-11(18)7-5-10/h4-7,12-13,22H,8-9H2,1-3H3/t12-,13-/m0/s1. The van der Waals surface area contributed by atoms with E-state index in [0.29, 0.717) is 11.4 Å². The van der Waals surface area contributed by atoms with Gasteiger partial charge in [-0.05, 0) is 45.0 Å². The summed E-state index contributed by atoms with van der Waals surface area (Å²) in [5.74, 6) is 0.143. The number of ether oxygens (including phenoxy) is 1. The molecule has 7 nitrogen and oxygen atoms in total. The maximum atomic E-state index is 13.0. The molecule has 0 unspecified atom stereocenters. The third-order valence-electron chi connectivity index (χ3n) is 3.74. The molecule has 1 aliphatic heterocycles. The Bertz CT molecular complexity index is 754. The molecule has 1 amide bonds. The first-order chi connectivity index (χ1) is 11.7. The SMILES string of the molecule is CC(C)(C)OC(=O)N1C[C@@H](O)C[C@H]1c1nc(-c2ccc(F)cc2)no1.